The van der Waals surface area contributed by atoms with Gasteiger partial charge < -0.3 is 30.5 Å². The molecule has 5 N–H and O–H groups in total. The van der Waals surface area contributed by atoms with Crippen molar-refractivity contribution < 1.29 is 70.7 Å². The van der Waals surface area contributed by atoms with E-state index in [0.29, 0.717) is 119 Å². The number of aliphatic hydroxyl groups is 4. The number of aromatic nitrogens is 6. The molecule has 4 bridgehead atoms. The minimum absolute atomic E-state index is 0.0388. The fourth-order valence-corrected chi connectivity index (χ4v) is 39.7. The number of nitrogens with one attached hydrogen (secondary N) is 1. The van der Waals surface area contributed by atoms with E-state index in [2.05, 4.69) is 74.3 Å². The second-order valence-electron chi connectivity index (χ2n) is 52.3. The molecule has 24 heteroatoms. The minimum Gasteiger partial charge on any atom is -0.390 e. The summed E-state index contributed by atoms with van der Waals surface area (Å²) < 4.78 is 87.9. The number of fused-ring (bicyclic) bond motifs is 24. The number of hydrogen-bond donors (Lipinski definition) is 5. The van der Waals surface area contributed by atoms with Crippen molar-refractivity contribution in [2.45, 2.75) is 385 Å². The molecule has 3 aromatic heterocycles. The van der Waals surface area contributed by atoms with E-state index in [1.165, 1.54) is 114 Å². The molecule has 1 aliphatic heterocycles. The molecule has 0 amide bonds. The highest BCUT2D eigenvalue weighted by atomic mass is 19.4. The summed E-state index contributed by atoms with van der Waals surface area (Å²) in [7, 11) is 0. The number of halogens is 6. The molecule has 18 nitrogen and oxygen atoms in total. The molecule has 133 heavy (non-hydrogen) atoms. The average molecular weight is 1850 g/mol. The van der Waals surface area contributed by atoms with Gasteiger partial charge in [-0.15, -0.1) is 0 Å². The lowest BCUT2D eigenvalue weighted by Crippen LogP contribution is -2.58. The molecule has 0 aromatic carbocycles. The zero-order valence-corrected chi connectivity index (χ0v) is 80.8. The zero-order valence-electron chi connectivity index (χ0n) is 80.8. The predicted octanol–water partition coefficient (Wildman–Crippen LogP) is 20.6. The molecular formula is C109H153F6N9O9. The first-order valence-electron chi connectivity index (χ1n) is 53.2. The van der Waals surface area contributed by atoms with E-state index in [4.69, 9.17) is 10.00 Å². The summed E-state index contributed by atoms with van der Waals surface area (Å²) in [6.07, 6.45) is 41.6. The van der Waals surface area contributed by atoms with Crippen LogP contribution in [0.25, 0.3) is 0 Å². The fraction of sp³-hybridized carbons (Fsp3) is 0.862. The molecule has 21 aliphatic carbocycles. The molecule has 4 heterocycles. The largest absolute Gasteiger partial charge is 0.419 e. The first-order chi connectivity index (χ1) is 62.8. The quantitative estimate of drug-likeness (QED) is 0.0786. The number of carbonyl (C=O) groups is 4. The van der Waals surface area contributed by atoms with Gasteiger partial charge in [0.05, 0.1) is 88.9 Å². The van der Waals surface area contributed by atoms with Gasteiger partial charge in [-0.05, 0) is 442 Å². The molecular weight excluding hydrogens is 1690 g/mol. The van der Waals surface area contributed by atoms with Crippen LogP contribution in [0.2, 0.25) is 0 Å². The van der Waals surface area contributed by atoms with Crippen LogP contribution in [0.4, 0.5) is 26.3 Å². The first kappa shape index (κ1) is 93.9. The van der Waals surface area contributed by atoms with Crippen LogP contribution in [-0.4, -0.2) is 120 Å². The Balaban J connectivity index is 0.000000107. The Bertz CT molecular complexity index is 5000. The lowest BCUT2D eigenvalue weighted by molar-refractivity contribution is -0.143. The van der Waals surface area contributed by atoms with Crippen molar-refractivity contribution >= 4 is 23.1 Å². The van der Waals surface area contributed by atoms with E-state index in [9.17, 15) is 71.2 Å². The number of carbonyl (C=O) groups excluding carboxylic acids is 4. The van der Waals surface area contributed by atoms with E-state index in [1.54, 1.807) is 10.9 Å². The Labute approximate surface area is 784 Å². The molecule has 21 saturated carbocycles. The molecule has 2 unspecified atom stereocenters. The standard InChI is InChI=1S/C32H51NO2.C26H34F3N3O2.C26H35F3N2O2.C25H33N3O3/c1-30-14-19-12-21(15-30)29(22(13-19)16-30)33-18-28(34)27-7-6-26-25-5-4-20-17-31(2,35)10-8-23(20)24(25)9-11-32(26,27)3;1-24(34)7-5-18-15(10-24)3-4-20-19(18)6-8-25(2)21(20)9-16(11-30)23(25)22(33)14-32-13-17(12-31-32)26(27,28)29;1-23(33)7-5-18-15(10-23)3-4-20-19(18)6-8-24(2)21(20)9-16-11-25(16,24)22(32)14-31-13-17(12-30-31)26(27,28)29;1-23(30)7-5-17-16(10-23)3-4-19-18(17)6-8-24(2)20(19)9-22-25(24,31-22)21(29)14-28-13-15(11-26)12-27-28/h19-27,29,33,35H,4-18H2,1-3H3;12-13,15-16,18-21,23,34H,3-10,14H2,1-2H3;12-13,15-16,18-21,33H,3-11,14H2,1-2H3;12-13,16-20,22,30H,3-10,14H2,1-2H3/t19?,20-,21?,22?,23+,24-,25-,26+,27-,29?,30?,31-,32+;15-,16+,18+,19-,20-,21+,23-,24-,25+;15-,16+,18+,19-,20-,21+,23-,24+,25-;16-,17+,18-,19-,20+,22-,23-,24+,25-/m1111/s1. The zero-order chi connectivity index (χ0) is 93.6. The summed E-state index contributed by atoms with van der Waals surface area (Å²) in [4.78, 5) is 54.3. The fourth-order valence-electron chi connectivity index (χ4n) is 39.7. The second kappa shape index (κ2) is 33.1. The highest BCUT2D eigenvalue weighted by molar-refractivity contribution is 5.92. The summed E-state index contributed by atoms with van der Waals surface area (Å²) in [5, 5.41) is 77.2. The number of Topliss-reactive ketones (excluding diaryl/α,β-unsaturated/α-hetero) is 4. The van der Waals surface area contributed by atoms with Gasteiger partial charge in [-0.1, -0.05) is 34.6 Å². The Morgan fingerprint density at radius 3 is 1.36 bits per heavy atom. The van der Waals surface area contributed by atoms with Crippen LogP contribution in [0.1, 0.15) is 329 Å². The van der Waals surface area contributed by atoms with Crippen molar-refractivity contribution in [3.63, 3.8) is 0 Å². The van der Waals surface area contributed by atoms with Gasteiger partial charge in [0, 0.05) is 47.3 Å². The number of rotatable bonds is 13. The van der Waals surface area contributed by atoms with Gasteiger partial charge in [0.1, 0.15) is 24.9 Å². The van der Waals surface area contributed by atoms with Gasteiger partial charge >= 0.3 is 12.4 Å². The summed E-state index contributed by atoms with van der Waals surface area (Å²) in [5.74, 6) is 16.3. The summed E-state index contributed by atoms with van der Waals surface area (Å²) >= 11 is 0. The Morgan fingerprint density at radius 2 is 0.880 bits per heavy atom. The topological polar surface area (TPSA) is 275 Å². The van der Waals surface area contributed by atoms with Crippen molar-refractivity contribution in [3.8, 4) is 12.1 Å². The van der Waals surface area contributed by atoms with Crippen LogP contribution in [0.15, 0.2) is 37.2 Å². The number of ketones is 4. The van der Waals surface area contributed by atoms with Crippen molar-refractivity contribution in [1.29, 1.82) is 10.5 Å². The normalized spacial score (nSPS) is 50.3. The van der Waals surface area contributed by atoms with Gasteiger partial charge in [-0.25, -0.2) is 0 Å². The molecule has 25 rings (SSSR count). The van der Waals surface area contributed by atoms with Gasteiger partial charge in [0.15, 0.2) is 23.0 Å². The van der Waals surface area contributed by atoms with Crippen molar-refractivity contribution in [1.82, 2.24) is 34.7 Å². The van der Waals surface area contributed by atoms with E-state index >= 15 is 0 Å². The molecule has 1 saturated heterocycles. The monoisotopic (exact) mass is 1850 g/mol. The highest BCUT2D eigenvalue weighted by Crippen LogP contribution is 2.81. The number of nitrogens with zero attached hydrogens (tertiary/aromatic N) is 8. The van der Waals surface area contributed by atoms with Crippen molar-refractivity contribution in [3.05, 3.63) is 53.9 Å². The van der Waals surface area contributed by atoms with Crippen LogP contribution in [-0.2, 0) is 55.9 Å². The summed E-state index contributed by atoms with van der Waals surface area (Å²) in [6, 6.07) is 5.08. The van der Waals surface area contributed by atoms with Crippen LogP contribution < -0.4 is 5.32 Å². The van der Waals surface area contributed by atoms with Crippen molar-refractivity contribution in [2.24, 2.45) is 192 Å². The Hall–Kier alpha value is -5.37. The third-order valence-electron chi connectivity index (χ3n) is 45.0. The molecule has 37 atom stereocenters. The molecule has 0 spiro atoms. The van der Waals surface area contributed by atoms with E-state index in [0.717, 1.165) is 230 Å². The summed E-state index contributed by atoms with van der Waals surface area (Å²) in [5.41, 5.74) is -3.74. The highest BCUT2D eigenvalue weighted by Gasteiger charge is 2.81. The molecule has 3 aromatic rings. The predicted molar refractivity (Wildman–Crippen MR) is 486 cm³/mol. The number of epoxide rings is 1. The van der Waals surface area contributed by atoms with Gasteiger partial charge in [0.2, 0.25) is 0 Å². The van der Waals surface area contributed by atoms with E-state index < -0.39 is 63.3 Å². The summed E-state index contributed by atoms with van der Waals surface area (Å²) in [6.45, 7) is 20.4. The SMILES string of the molecule is CC12CC3CC(C1)C(NCC(=O)[C@H]1CC[C@H]4[C@@H]5CC[C@@H]6C[C@](C)(O)CC[C@@H]6[C@H]5CC[C@]14C)C(C3)C2.C[C@@]1(O)CC[C@H]2[C@H](CC[C@@H]3[C@@H]2CC[C@@]2(C)[C@H]3C[C@@H](C#N)[C@@H]2C(=O)Cn2cc(C(F)(F)F)cn2)C1.C[C@@]1(O)CC[C@H]2[C@H](CC[C@@H]3[C@@H]2CC[C@@]2(C)[C@H]3C[C@H]3C[C@]32C(=O)Cn2cc(C(F)(F)F)cn2)C1.C[C@@]1(O)CC[C@H]2[C@H](CC[C@@H]3[C@@H]2CC[C@@]2(C)[C@H]3C[C@H]3O[C@]32C(=O)Cn2cc(C#N)cn2)C1. The minimum atomic E-state index is -4.50. The molecule has 730 valence electrons. The van der Waals surface area contributed by atoms with Gasteiger partial charge in [-0.2, -0.15) is 52.2 Å². The molecule has 22 fully saturated rings. The lowest BCUT2D eigenvalue weighted by atomic mass is 9.47. The first-order valence-corrected chi connectivity index (χ1v) is 53.2. The maximum absolute atomic E-state index is 13.8. The average Bonchev–Trinajstić information content (AvgIpc) is 1.49. The van der Waals surface area contributed by atoms with E-state index in [-0.39, 0.29) is 76.1 Å². The number of hydrogen-bond acceptors (Lipinski definition) is 15. The van der Waals surface area contributed by atoms with E-state index in [1.807, 2.05) is 20.8 Å². The third-order valence-corrected chi connectivity index (χ3v) is 45.0. The van der Waals surface area contributed by atoms with Crippen LogP contribution in [0.5, 0.6) is 0 Å². The molecule has 0 radical (unpaired) electrons. The van der Waals surface area contributed by atoms with Crippen molar-refractivity contribution in [2.75, 3.05) is 6.54 Å². The lowest BCUT2D eigenvalue weighted by Gasteiger charge is -2.59. The van der Waals surface area contributed by atoms with Gasteiger partial charge in [-0.3, -0.25) is 33.2 Å². The van der Waals surface area contributed by atoms with Crippen LogP contribution in [0.3, 0.4) is 0 Å². The Kier molecular flexibility index (Phi) is 23.4. The smallest absolute Gasteiger partial charge is 0.390 e. The number of nitriles is 2. The second-order valence-corrected chi connectivity index (χ2v) is 52.3. The van der Waals surface area contributed by atoms with Crippen LogP contribution >= 0.6 is 0 Å². The maximum Gasteiger partial charge on any atom is 0.419 e. The number of ether oxygens (including phenoxy) is 1. The third kappa shape index (κ3) is 16.0. The van der Waals surface area contributed by atoms with Crippen LogP contribution in [0, 0.1) is 215 Å². The Morgan fingerprint density at radius 1 is 0.436 bits per heavy atom. The van der Waals surface area contributed by atoms with Gasteiger partial charge in [0.25, 0.3) is 0 Å². The number of alkyl halides is 6. The maximum atomic E-state index is 13.8. The molecule has 22 aliphatic rings.